The second-order valence-corrected chi connectivity index (χ2v) is 6.09. The van der Waals surface area contributed by atoms with E-state index in [9.17, 15) is 9.59 Å². The molecule has 2 amide bonds. The molecule has 1 saturated carbocycles. The highest BCUT2D eigenvalue weighted by Gasteiger charge is 2.44. The van der Waals surface area contributed by atoms with Crippen LogP contribution in [-0.2, 0) is 10.2 Å². The Morgan fingerprint density at radius 3 is 2.43 bits per heavy atom. The van der Waals surface area contributed by atoms with Crippen LogP contribution in [0.3, 0.4) is 0 Å². The molecule has 0 radical (unpaired) electrons. The van der Waals surface area contributed by atoms with E-state index in [1.165, 1.54) is 12.5 Å². The van der Waals surface area contributed by atoms with E-state index in [2.05, 4.69) is 22.8 Å². The third-order valence-electron chi connectivity index (χ3n) is 4.27. The van der Waals surface area contributed by atoms with Crippen molar-refractivity contribution in [2.24, 2.45) is 0 Å². The molecule has 0 unspecified atom stereocenters. The van der Waals surface area contributed by atoms with Gasteiger partial charge in [-0.25, -0.2) is 0 Å². The van der Waals surface area contributed by atoms with Gasteiger partial charge < -0.3 is 10.6 Å². The molecule has 23 heavy (non-hydrogen) atoms. The fraction of sp³-hybridized carbons (Fsp3) is 0.263. The Morgan fingerprint density at radius 2 is 1.78 bits per heavy atom. The maximum Gasteiger partial charge on any atom is 0.251 e. The summed E-state index contributed by atoms with van der Waals surface area (Å²) in [7, 11) is 0. The van der Waals surface area contributed by atoms with Gasteiger partial charge in [0.05, 0.1) is 0 Å². The van der Waals surface area contributed by atoms with Gasteiger partial charge in [-0.15, -0.1) is 0 Å². The minimum absolute atomic E-state index is 0.0894. The third kappa shape index (κ3) is 3.59. The van der Waals surface area contributed by atoms with Gasteiger partial charge in [0.25, 0.3) is 5.91 Å². The van der Waals surface area contributed by atoms with Crippen LogP contribution in [0.15, 0.2) is 54.6 Å². The lowest BCUT2D eigenvalue weighted by Crippen LogP contribution is -2.32. The monoisotopic (exact) mass is 308 g/mol. The molecule has 0 saturated heterocycles. The second kappa shape index (κ2) is 6.24. The average Bonchev–Trinajstić information content (AvgIpc) is 3.34. The summed E-state index contributed by atoms with van der Waals surface area (Å²) in [5, 5.41) is 5.72. The van der Waals surface area contributed by atoms with Crippen LogP contribution in [0.25, 0.3) is 0 Å². The summed E-state index contributed by atoms with van der Waals surface area (Å²) in [4.78, 5) is 23.5. The fourth-order valence-electron chi connectivity index (χ4n) is 2.80. The summed E-state index contributed by atoms with van der Waals surface area (Å²) in [6.07, 6.45) is 2.20. The number of carbonyl (C=O) groups is 2. The quantitative estimate of drug-likeness (QED) is 0.891. The molecule has 4 nitrogen and oxygen atoms in total. The van der Waals surface area contributed by atoms with E-state index in [1.54, 1.807) is 24.3 Å². The minimum Gasteiger partial charge on any atom is -0.351 e. The summed E-state index contributed by atoms with van der Waals surface area (Å²) in [6.45, 7) is 2.09. The molecule has 2 aromatic carbocycles. The maximum atomic E-state index is 12.4. The van der Waals surface area contributed by atoms with Crippen LogP contribution in [0.4, 0.5) is 5.69 Å². The van der Waals surface area contributed by atoms with Crippen LogP contribution in [0.5, 0.6) is 0 Å². The topological polar surface area (TPSA) is 58.2 Å². The molecule has 0 atom stereocenters. The lowest BCUT2D eigenvalue weighted by Gasteiger charge is -2.16. The molecule has 1 aliphatic rings. The zero-order valence-electron chi connectivity index (χ0n) is 13.1. The third-order valence-corrected chi connectivity index (χ3v) is 4.27. The molecule has 3 rings (SSSR count). The first-order valence-corrected chi connectivity index (χ1v) is 7.80. The van der Waals surface area contributed by atoms with E-state index in [1.807, 2.05) is 18.2 Å². The van der Waals surface area contributed by atoms with E-state index in [0.29, 0.717) is 17.8 Å². The number of hydrogen-bond donors (Lipinski definition) is 2. The van der Waals surface area contributed by atoms with Crippen molar-refractivity contribution < 1.29 is 9.59 Å². The molecule has 0 heterocycles. The zero-order valence-corrected chi connectivity index (χ0v) is 13.1. The lowest BCUT2D eigenvalue weighted by molar-refractivity contribution is -0.114. The normalized spacial score (nSPS) is 14.8. The molecular weight excluding hydrogens is 288 g/mol. The number of amides is 2. The van der Waals surface area contributed by atoms with Crippen molar-refractivity contribution >= 4 is 17.5 Å². The molecule has 0 bridgehead atoms. The van der Waals surface area contributed by atoms with Crippen molar-refractivity contribution in [2.45, 2.75) is 25.2 Å². The first-order valence-electron chi connectivity index (χ1n) is 7.80. The number of benzene rings is 2. The van der Waals surface area contributed by atoms with Gasteiger partial charge in [0.1, 0.15) is 0 Å². The van der Waals surface area contributed by atoms with E-state index in [0.717, 1.165) is 12.8 Å². The molecular formula is C19H20N2O2. The number of rotatable bonds is 5. The molecule has 0 aliphatic heterocycles. The Hall–Kier alpha value is -2.62. The fourth-order valence-corrected chi connectivity index (χ4v) is 2.80. The van der Waals surface area contributed by atoms with Crippen molar-refractivity contribution in [3.05, 3.63) is 65.7 Å². The van der Waals surface area contributed by atoms with E-state index >= 15 is 0 Å². The van der Waals surface area contributed by atoms with Crippen LogP contribution in [0.2, 0.25) is 0 Å². The molecule has 1 aliphatic carbocycles. The van der Waals surface area contributed by atoms with E-state index < -0.39 is 0 Å². The standard InChI is InChI=1S/C19H20N2O2/c1-14(22)21-17-9-5-6-15(12-17)18(23)20-13-19(10-11-19)16-7-3-2-4-8-16/h2-9,12H,10-11,13H2,1H3,(H,20,23)(H,21,22). The number of anilines is 1. The summed E-state index contributed by atoms with van der Waals surface area (Å²) in [5.74, 6) is -0.261. The smallest absolute Gasteiger partial charge is 0.251 e. The van der Waals surface area contributed by atoms with E-state index in [-0.39, 0.29) is 17.2 Å². The number of carbonyl (C=O) groups excluding carboxylic acids is 2. The summed E-state index contributed by atoms with van der Waals surface area (Å²) in [5.41, 5.74) is 2.56. The predicted octanol–water partition coefficient (Wildman–Crippen LogP) is 3.11. The second-order valence-electron chi connectivity index (χ2n) is 6.09. The molecule has 0 aromatic heterocycles. The molecule has 4 heteroatoms. The van der Waals surface area contributed by atoms with Crippen molar-refractivity contribution in [1.82, 2.24) is 5.32 Å². The van der Waals surface area contributed by atoms with Crippen LogP contribution in [-0.4, -0.2) is 18.4 Å². The van der Waals surface area contributed by atoms with Gasteiger partial charge in [-0.1, -0.05) is 36.4 Å². The Bertz CT molecular complexity index is 721. The SMILES string of the molecule is CC(=O)Nc1cccc(C(=O)NCC2(c3ccccc3)CC2)c1. The zero-order chi connectivity index (χ0) is 16.3. The van der Waals surface area contributed by atoms with Gasteiger partial charge in [-0.05, 0) is 36.6 Å². The van der Waals surface area contributed by atoms with Crippen molar-refractivity contribution in [1.29, 1.82) is 0 Å². The predicted molar refractivity (Wildman–Crippen MR) is 90.4 cm³/mol. The molecule has 2 N–H and O–H groups in total. The van der Waals surface area contributed by atoms with E-state index in [4.69, 9.17) is 0 Å². The van der Waals surface area contributed by atoms with Crippen molar-refractivity contribution in [2.75, 3.05) is 11.9 Å². The maximum absolute atomic E-state index is 12.4. The summed E-state index contributed by atoms with van der Waals surface area (Å²) >= 11 is 0. The molecule has 2 aromatic rings. The van der Waals surface area contributed by atoms with Crippen LogP contribution < -0.4 is 10.6 Å². The lowest BCUT2D eigenvalue weighted by atomic mass is 9.96. The average molecular weight is 308 g/mol. The van der Waals surface area contributed by atoms with Gasteiger partial charge in [0, 0.05) is 30.1 Å². The first kappa shape index (κ1) is 15.3. The van der Waals surface area contributed by atoms with Crippen LogP contribution >= 0.6 is 0 Å². The Morgan fingerprint density at radius 1 is 1.04 bits per heavy atom. The van der Waals surface area contributed by atoms with Crippen molar-refractivity contribution in [3.63, 3.8) is 0 Å². The Labute approximate surface area is 135 Å². The highest BCUT2D eigenvalue weighted by atomic mass is 16.2. The highest BCUT2D eigenvalue weighted by molar-refractivity contribution is 5.96. The summed E-state index contributed by atoms with van der Waals surface area (Å²) < 4.78 is 0. The Balaban J connectivity index is 1.65. The van der Waals surface area contributed by atoms with Gasteiger partial charge in [-0.2, -0.15) is 0 Å². The molecule has 118 valence electrons. The summed E-state index contributed by atoms with van der Waals surface area (Å²) in [6, 6.07) is 17.3. The van der Waals surface area contributed by atoms with Gasteiger partial charge in [0.15, 0.2) is 0 Å². The number of hydrogen-bond acceptors (Lipinski definition) is 2. The number of nitrogens with one attached hydrogen (secondary N) is 2. The molecule has 0 spiro atoms. The highest BCUT2D eigenvalue weighted by Crippen LogP contribution is 2.47. The largest absolute Gasteiger partial charge is 0.351 e. The first-order chi connectivity index (χ1) is 11.1. The van der Waals surface area contributed by atoms with Crippen LogP contribution in [0.1, 0.15) is 35.7 Å². The minimum atomic E-state index is -0.149. The van der Waals surface area contributed by atoms with Gasteiger partial charge in [0.2, 0.25) is 5.91 Å². The van der Waals surface area contributed by atoms with Crippen LogP contribution in [0, 0.1) is 0 Å². The molecule has 1 fully saturated rings. The van der Waals surface area contributed by atoms with Crippen molar-refractivity contribution in [3.8, 4) is 0 Å². The van der Waals surface area contributed by atoms with Gasteiger partial charge >= 0.3 is 0 Å². The van der Waals surface area contributed by atoms with Gasteiger partial charge in [-0.3, -0.25) is 9.59 Å². The Kier molecular flexibility index (Phi) is 4.15.